The molecule has 0 atom stereocenters. The van der Waals surface area contributed by atoms with E-state index in [0.717, 1.165) is 12.7 Å². The number of alkyl halides is 3. The number of halogens is 4. The van der Waals surface area contributed by atoms with E-state index in [9.17, 15) is 18.0 Å². The van der Waals surface area contributed by atoms with Crippen molar-refractivity contribution in [3.8, 4) is 0 Å². The minimum atomic E-state index is -4.42. The highest BCUT2D eigenvalue weighted by molar-refractivity contribution is 14.0. The van der Waals surface area contributed by atoms with Crippen LogP contribution < -0.4 is 10.6 Å². The van der Waals surface area contributed by atoms with Crippen molar-refractivity contribution < 1.29 is 18.0 Å². The third-order valence-corrected chi connectivity index (χ3v) is 2.96. The Hall–Kier alpha value is -1.59. The molecule has 0 unspecified atom stereocenters. The van der Waals surface area contributed by atoms with Gasteiger partial charge in [0.15, 0.2) is 5.96 Å². The summed E-state index contributed by atoms with van der Waals surface area (Å²) in [5, 5.41) is 5.95. The van der Waals surface area contributed by atoms with Gasteiger partial charge in [0.05, 0.1) is 0 Å². The average molecular weight is 473 g/mol. The molecule has 0 aliphatic heterocycles. The van der Waals surface area contributed by atoms with Gasteiger partial charge in [0.2, 0.25) is 5.91 Å². The molecule has 6 nitrogen and oxygen atoms in total. The normalized spacial score (nSPS) is 11.5. The van der Waals surface area contributed by atoms with E-state index >= 15 is 0 Å². The average Bonchev–Trinajstić information content (AvgIpc) is 2.51. The molecule has 2 N–H and O–H groups in total. The van der Waals surface area contributed by atoms with Crippen LogP contribution in [0.2, 0.25) is 0 Å². The number of likely N-dealkylation sites (N-methyl/N-ethyl adjacent to an activating group) is 1. The summed E-state index contributed by atoms with van der Waals surface area (Å²) in [6, 6.07) is 5.60. The molecule has 0 radical (unpaired) electrons. The van der Waals surface area contributed by atoms with E-state index in [4.69, 9.17) is 0 Å². The Morgan fingerprint density at radius 3 is 2.60 bits per heavy atom. The van der Waals surface area contributed by atoms with Crippen LogP contribution in [0.4, 0.5) is 13.2 Å². The summed E-state index contributed by atoms with van der Waals surface area (Å²) in [7, 11) is 1.10. The second kappa shape index (κ2) is 11.9. The highest BCUT2D eigenvalue weighted by atomic mass is 127. The highest BCUT2D eigenvalue weighted by Crippen LogP contribution is 2.15. The molecule has 1 amide bonds. The summed E-state index contributed by atoms with van der Waals surface area (Å²) in [5.41, 5.74) is 0.904. The second-order valence-corrected chi connectivity index (χ2v) is 5.06. The number of aliphatic imine (C=N–C) groups is 1. The summed E-state index contributed by atoms with van der Waals surface area (Å²) >= 11 is 0. The van der Waals surface area contributed by atoms with E-state index in [1.807, 2.05) is 25.1 Å². The minimum Gasteiger partial charge on any atom is -0.357 e. The fourth-order valence-electron chi connectivity index (χ4n) is 1.82. The van der Waals surface area contributed by atoms with E-state index in [0.29, 0.717) is 30.4 Å². The lowest BCUT2D eigenvalue weighted by Crippen LogP contribution is -2.40. The van der Waals surface area contributed by atoms with Crippen LogP contribution in [-0.4, -0.2) is 61.2 Å². The number of aromatic nitrogens is 1. The maximum atomic E-state index is 12.3. The predicted molar refractivity (Wildman–Crippen MR) is 101 cm³/mol. The summed E-state index contributed by atoms with van der Waals surface area (Å²) in [5.74, 6) is -0.323. The molecule has 10 heteroatoms. The Bertz CT molecular complexity index is 540. The van der Waals surface area contributed by atoms with Crippen LogP contribution in [0, 0.1) is 0 Å². The first-order chi connectivity index (χ1) is 11.3. The number of nitrogens with one attached hydrogen (secondary N) is 2. The lowest BCUT2D eigenvalue weighted by molar-refractivity contribution is -0.157. The first kappa shape index (κ1) is 23.4. The molecule has 0 saturated carbocycles. The first-order valence-corrected chi connectivity index (χ1v) is 7.54. The lowest BCUT2D eigenvalue weighted by Gasteiger charge is -2.18. The number of carbonyl (C=O) groups is 1. The topological polar surface area (TPSA) is 69.6 Å². The van der Waals surface area contributed by atoms with Crippen LogP contribution in [-0.2, 0) is 11.2 Å². The van der Waals surface area contributed by atoms with E-state index < -0.39 is 18.6 Å². The zero-order chi connectivity index (χ0) is 18.0. The molecule has 1 aromatic heterocycles. The molecule has 1 rings (SSSR count). The molecular weight excluding hydrogens is 450 g/mol. The van der Waals surface area contributed by atoms with Crippen LogP contribution in [0.15, 0.2) is 29.4 Å². The summed E-state index contributed by atoms with van der Waals surface area (Å²) in [6.45, 7) is 1.32. The highest BCUT2D eigenvalue weighted by Gasteiger charge is 2.30. The van der Waals surface area contributed by atoms with Gasteiger partial charge in [0.1, 0.15) is 13.1 Å². The fourth-order valence-corrected chi connectivity index (χ4v) is 1.82. The molecule has 25 heavy (non-hydrogen) atoms. The first-order valence-electron chi connectivity index (χ1n) is 7.54. The number of rotatable bonds is 7. The number of carbonyl (C=O) groups excluding carboxylic acids is 1. The molecule has 0 bridgehead atoms. The van der Waals surface area contributed by atoms with Crippen molar-refractivity contribution in [2.45, 2.75) is 19.5 Å². The lowest BCUT2D eigenvalue weighted by atomic mass is 10.3. The van der Waals surface area contributed by atoms with Crippen molar-refractivity contribution in [1.82, 2.24) is 20.5 Å². The predicted octanol–water partition coefficient (Wildman–Crippen LogP) is 1.82. The number of guanidine groups is 1. The van der Waals surface area contributed by atoms with Gasteiger partial charge in [-0.2, -0.15) is 13.2 Å². The van der Waals surface area contributed by atoms with Crippen LogP contribution in [0.3, 0.4) is 0 Å². The molecule has 1 aromatic rings. The Morgan fingerprint density at radius 1 is 1.32 bits per heavy atom. The Balaban J connectivity index is 0.00000576. The molecule has 0 aromatic carbocycles. The van der Waals surface area contributed by atoms with Gasteiger partial charge in [-0.15, -0.1) is 24.0 Å². The van der Waals surface area contributed by atoms with Crippen molar-refractivity contribution in [3.05, 3.63) is 30.1 Å². The van der Waals surface area contributed by atoms with Crippen molar-refractivity contribution in [1.29, 1.82) is 0 Å². The molecule has 0 spiro atoms. The SMILES string of the molecule is CCNC(=NCC(=O)N(C)CC(F)(F)F)NCCc1ccccn1.I. The van der Waals surface area contributed by atoms with Crippen molar-refractivity contribution in [3.63, 3.8) is 0 Å². The Labute approximate surface area is 162 Å². The van der Waals surface area contributed by atoms with E-state index in [2.05, 4.69) is 20.6 Å². The van der Waals surface area contributed by atoms with Crippen LogP contribution in [0.1, 0.15) is 12.6 Å². The largest absolute Gasteiger partial charge is 0.406 e. The van der Waals surface area contributed by atoms with Gasteiger partial charge in [0.25, 0.3) is 0 Å². The number of pyridine rings is 1. The molecule has 0 aliphatic rings. The molecule has 0 saturated heterocycles. The monoisotopic (exact) mass is 473 g/mol. The molecular formula is C15H23F3IN5O. The minimum absolute atomic E-state index is 0. The Kier molecular flexibility index (Phi) is 11.1. The molecule has 0 aliphatic carbocycles. The number of hydrogen-bond donors (Lipinski definition) is 2. The second-order valence-electron chi connectivity index (χ2n) is 5.06. The Morgan fingerprint density at radius 2 is 2.04 bits per heavy atom. The summed E-state index contributed by atoms with van der Waals surface area (Å²) in [6.07, 6.45) is -2.06. The van der Waals surface area contributed by atoms with Crippen molar-refractivity contribution >= 4 is 35.8 Å². The van der Waals surface area contributed by atoms with E-state index in [1.165, 1.54) is 0 Å². The quantitative estimate of drug-likeness (QED) is 0.360. The van der Waals surface area contributed by atoms with Gasteiger partial charge in [-0.3, -0.25) is 9.78 Å². The van der Waals surface area contributed by atoms with E-state index in [1.54, 1.807) is 6.20 Å². The zero-order valence-electron chi connectivity index (χ0n) is 14.1. The van der Waals surface area contributed by atoms with E-state index in [-0.39, 0.29) is 30.5 Å². The van der Waals surface area contributed by atoms with Crippen LogP contribution in [0.5, 0.6) is 0 Å². The van der Waals surface area contributed by atoms with Gasteiger partial charge < -0.3 is 15.5 Å². The van der Waals surface area contributed by atoms with Crippen molar-refractivity contribution in [2.75, 3.05) is 33.2 Å². The smallest absolute Gasteiger partial charge is 0.357 e. The number of nitrogens with zero attached hydrogens (tertiary/aromatic N) is 3. The maximum absolute atomic E-state index is 12.3. The summed E-state index contributed by atoms with van der Waals surface area (Å²) < 4.78 is 36.8. The summed E-state index contributed by atoms with van der Waals surface area (Å²) in [4.78, 5) is 20.5. The standard InChI is InChI=1S/C15H22F3N5O.HI/c1-3-19-14(21-9-7-12-6-4-5-8-20-12)22-10-13(24)23(2)11-15(16,17)18;/h4-6,8H,3,7,9-11H2,1-2H3,(H2,19,21,22);1H. The number of hydrogen-bond acceptors (Lipinski definition) is 3. The zero-order valence-corrected chi connectivity index (χ0v) is 16.5. The number of amides is 1. The van der Waals surface area contributed by atoms with Crippen LogP contribution >= 0.6 is 24.0 Å². The van der Waals surface area contributed by atoms with Crippen LogP contribution in [0.25, 0.3) is 0 Å². The molecule has 0 fully saturated rings. The van der Waals surface area contributed by atoms with Crippen molar-refractivity contribution in [2.24, 2.45) is 4.99 Å². The maximum Gasteiger partial charge on any atom is 0.406 e. The van der Waals surface area contributed by atoms with Gasteiger partial charge in [-0.1, -0.05) is 6.07 Å². The van der Waals surface area contributed by atoms with Gasteiger partial charge in [-0.05, 0) is 19.1 Å². The van der Waals surface area contributed by atoms with Gasteiger partial charge >= 0.3 is 6.18 Å². The fraction of sp³-hybridized carbons (Fsp3) is 0.533. The third-order valence-electron chi connectivity index (χ3n) is 2.96. The third kappa shape index (κ3) is 10.8. The molecule has 142 valence electrons. The van der Waals surface area contributed by atoms with Gasteiger partial charge in [0, 0.05) is 38.4 Å². The van der Waals surface area contributed by atoms with Gasteiger partial charge in [-0.25, -0.2) is 4.99 Å². The molecule has 1 heterocycles.